The van der Waals surface area contributed by atoms with Crippen LogP contribution in [-0.4, -0.2) is 26.9 Å². The van der Waals surface area contributed by atoms with E-state index in [1.165, 1.54) is 17.2 Å². The summed E-state index contributed by atoms with van der Waals surface area (Å²) in [6.45, 7) is 11.3. The molecule has 0 fully saturated rings. The van der Waals surface area contributed by atoms with Crippen LogP contribution in [0.15, 0.2) is 36.0 Å². The average molecular weight is 199 g/mol. The van der Waals surface area contributed by atoms with E-state index < -0.39 is 8.07 Å². The van der Waals surface area contributed by atoms with E-state index in [-0.39, 0.29) is 18.9 Å². The Morgan fingerprint density at radius 3 is 2.36 bits per heavy atom. The van der Waals surface area contributed by atoms with Gasteiger partial charge in [-0.15, -0.1) is 0 Å². The number of rotatable bonds is 4. The molecule has 0 saturated heterocycles. The fraction of sp³-hybridized carbons (Fsp3) is 0.417. The summed E-state index contributed by atoms with van der Waals surface area (Å²) in [6.07, 6.45) is 9.61. The van der Waals surface area contributed by atoms with Gasteiger partial charge in [0.05, 0.1) is 0 Å². The van der Waals surface area contributed by atoms with Crippen LogP contribution >= 0.6 is 0 Å². The summed E-state index contributed by atoms with van der Waals surface area (Å²) in [4.78, 5) is 0. The van der Waals surface area contributed by atoms with Crippen molar-refractivity contribution in [2.45, 2.75) is 32.1 Å². The Balaban J connectivity index is 0.00000169. The molecule has 0 aliphatic heterocycles. The van der Waals surface area contributed by atoms with Crippen molar-refractivity contribution < 1.29 is 0 Å². The summed E-state index contributed by atoms with van der Waals surface area (Å²) >= 11 is 0. The van der Waals surface area contributed by atoms with Crippen LogP contribution in [0.5, 0.6) is 0 Å². The van der Waals surface area contributed by atoms with Crippen LogP contribution in [0.2, 0.25) is 25.7 Å². The molecular weight excluding hydrogens is 179 g/mol. The zero-order valence-corrected chi connectivity index (χ0v) is 9.93. The Morgan fingerprint density at radius 2 is 1.93 bits per heavy atom. The first-order valence-electron chi connectivity index (χ1n) is 4.85. The monoisotopic (exact) mass is 199 g/mol. The first-order valence-corrected chi connectivity index (χ1v) is 8.55. The van der Waals surface area contributed by atoms with Crippen LogP contribution in [0, 0.1) is 6.42 Å². The first-order chi connectivity index (χ1) is 5.97. The van der Waals surface area contributed by atoms with Gasteiger partial charge >= 0.3 is 18.9 Å². The van der Waals surface area contributed by atoms with Crippen molar-refractivity contribution in [2.75, 3.05) is 0 Å². The van der Waals surface area contributed by atoms with Gasteiger partial charge in [0, 0.05) is 14.5 Å². The molecule has 1 rings (SSSR count). The molecule has 0 bridgehead atoms. The van der Waals surface area contributed by atoms with Crippen molar-refractivity contribution >= 4 is 26.9 Å². The van der Waals surface area contributed by atoms with E-state index in [4.69, 9.17) is 0 Å². The van der Waals surface area contributed by atoms with Gasteiger partial charge in [-0.25, -0.2) is 0 Å². The summed E-state index contributed by atoms with van der Waals surface area (Å²) in [5, 5.41) is 0. The van der Waals surface area contributed by atoms with Gasteiger partial charge in [-0.05, 0) is 12.5 Å². The third-order valence-corrected chi connectivity index (χ3v) is 3.53. The number of hydrogen-bond donors (Lipinski definition) is 0. The SMILES string of the molecule is C=C(CC1=CC=C[CH]1)C[Si](C)(C)C.[LiH]. The van der Waals surface area contributed by atoms with E-state index in [1.54, 1.807) is 0 Å². The summed E-state index contributed by atoms with van der Waals surface area (Å²) < 4.78 is 0. The molecule has 2 heteroatoms. The second-order valence-corrected chi connectivity index (χ2v) is 10.4. The predicted molar refractivity (Wildman–Crippen MR) is 70.6 cm³/mol. The summed E-state index contributed by atoms with van der Waals surface area (Å²) in [5.74, 6) is 0. The van der Waals surface area contributed by atoms with Gasteiger partial charge in [0.15, 0.2) is 0 Å². The van der Waals surface area contributed by atoms with E-state index in [2.05, 4.69) is 50.9 Å². The Morgan fingerprint density at radius 1 is 1.29 bits per heavy atom. The topological polar surface area (TPSA) is 0 Å². The molecule has 1 radical (unpaired) electrons. The van der Waals surface area contributed by atoms with Gasteiger partial charge in [-0.1, -0.05) is 55.6 Å². The molecule has 1 aliphatic carbocycles. The van der Waals surface area contributed by atoms with Gasteiger partial charge < -0.3 is 0 Å². The molecule has 0 spiro atoms. The molecule has 0 unspecified atom stereocenters. The molecule has 0 N–H and O–H groups in total. The molecule has 0 saturated carbocycles. The second kappa shape index (κ2) is 5.80. The maximum absolute atomic E-state index is 4.15. The zero-order chi connectivity index (χ0) is 9.90. The van der Waals surface area contributed by atoms with Crippen LogP contribution in [0.1, 0.15) is 6.42 Å². The summed E-state index contributed by atoms with van der Waals surface area (Å²) in [6, 6.07) is 1.25. The third-order valence-electron chi connectivity index (χ3n) is 1.97. The van der Waals surface area contributed by atoms with Crippen molar-refractivity contribution in [1.29, 1.82) is 0 Å². The number of allylic oxidation sites excluding steroid dienone is 5. The molecule has 0 nitrogen and oxygen atoms in total. The van der Waals surface area contributed by atoms with E-state index in [0.717, 1.165) is 6.42 Å². The van der Waals surface area contributed by atoms with Crippen LogP contribution in [0.3, 0.4) is 0 Å². The van der Waals surface area contributed by atoms with Crippen molar-refractivity contribution in [1.82, 2.24) is 0 Å². The van der Waals surface area contributed by atoms with Crippen LogP contribution < -0.4 is 0 Å². The molecule has 0 heterocycles. The Labute approximate surface area is 101 Å². The second-order valence-electron chi connectivity index (χ2n) is 4.96. The van der Waals surface area contributed by atoms with Crippen LogP contribution in [-0.2, 0) is 0 Å². The quantitative estimate of drug-likeness (QED) is 0.481. The van der Waals surface area contributed by atoms with Gasteiger partial charge in [0.25, 0.3) is 0 Å². The zero-order valence-electron chi connectivity index (χ0n) is 8.93. The van der Waals surface area contributed by atoms with E-state index >= 15 is 0 Å². The first kappa shape index (κ1) is 14.0. The summed E-state index contributed by atoms with van der Waals surface area (Å²) in [5.41, 5.74) is 2.80. The van der Waals surface area contributed by atoms with Crippen LogP contribution in [0.25, 0.3) is 0 Å². The van der Waals surface area contributed by atoms with Crippen molar-refractivity contribution in [3.63, 3.8) is 0 Å². The fourth-order valence-corrected chi connectivity index (χ4v) is 3.26. The molecule has 0 aromatic heterocycles. The fourth-order valence-electron chi connectivity index (χ4n) is 1.63. The predicted octanol–water partition coefficient (Wildman–Crippen LogP) is 3.32. The van der Waals surface area contributed by atoms with Crippen LogP contribution in [0.4, 0.5) is 0 Å². The molecule has 1 aliphatic rings. The normalized spacial score (nSPS) is 14.9. The molecule has 14 heavy (non-hydrogen) atoms. The number of hydrogen-bond acceptors (Lipinski definition) is 0. The Hall–Kier alpha value is 0.0343. The van der Waals surface area contributed by atoms with Crippen molar-refractivity contribution in [2.24, 2.45) is 0 Å². The standard InChI is InChI=1S/C12H19Si.Li.H/c1-11(10-13(2,3)4)9-12-7-5-6-8-12;;/h5-8H,1,9-10H2,2-4H3;;. The van der Waals surface area contributed by atoms with Crippen molar-refractivity contribution in [3.8, 4) is 0 Å². The molecule has 0 aromatic carbocycles. The van der Waals surface area contributed by atoms with Gasteiger partial charge in [-0.3, -0.25) is 0 Å². The average Bonchev–Trinajstić information content (AvgIpc) is 2.34. The van der Waals surface area contributed by atoms with Gasteiger partial charge in [0.2, 0.25) is 0 Å². The van der Waals surface area contributed by atoms with E-state index in [9.17, 15) is 0 Å². The Kier molecular flexibility index (Phi) is 5.82. The maximum atomic E-state index is 4.15. The minimum absolute atomic E-state index is 0. The summed E-state index contributed by atoms with van der Waals surface area (Å²) in [7, 11) is -0.953. The molecule has 73 valence electrons. The van der Waals surface area contributed by atoms with E-state index in [1.807, 2.05) is 0 Å². The molecule has 0 atom stereocenters. The molecular formula is C12H20LiSi. The molecule has 0 aromatic rings. The van der Waals surface area contributed by atoms with Gasteiger partial charge in [0.1, 0.15) is 0 Å². The minimum atomic E-state index is -0.953. The molecule has 0 amide bonds. The Bertz CT molecular complexity index is 256. The van der Waals surface area contributed by atoms with E-state index in [0.29, 0.717) is 0 Å². The van der Waals surface area contributed by atoms with Crippen molar-refractivity contribution in [3.05, 3.63) is 42.4 Å². The third kappa shape index (κ3) is 5.70. The van der Waals surface area contributed by atoms with Gasteiger partial charge in [-0.2, -0.15) is 0 Å².